The number of carbonyl (C=O) groups excluding carboxylic acids is 1. The number of amides is 1. The Morgan fingerprint density at radius 1 is 1.11 bits per heavy atom. The van der Waals surface area contributed by atoms with Gasteiger partial charge in [0.25, 0.3) is 0 Å². The van der Waals surface area contributed by atoms with E-state index in [9.17, 15) is 4.79 Å². The van der Waals surface area contributed by atoms with E-state index >= 15 is 0 Å². The fraction of sp³-hybridized carbons (Fsp3) is 0.227. The van der Waals surface area contributed by atoms with Gasteiger partial charge in [-0.15, -0.1) is 0 Å². The highest BCUT2D eigenvalue weighted by molar-refractivity contribution is 5.91. The first kappa shape index (κ1) is 18.4. The van der Waals surface area contributed by atoms with Crippen LogP contribution in [0.25, 0.3) is 10.9 Å². The van der Waals surface area contributed by atoms with Gasteiger partial charge in [-0.2, -0.15) is 5.26 Å². The number of ether oxygens (including phenoxy) is 1. The molecule has 5 nitrogen and oxygen atoms in total. The van der Waals surface area contributed by atoms with Crippen molar-refractivity contribution in [2.75, 3.05) is 11.5 Å². The van der Waals surface area contributed by atoms with Crippen LogP contribution >= 0.6 is 0 Å². The largest absolute Gasteiger partial charge is 0.494 e. The third-order valence-corrected chi connectivity index (χ3v) is 4.21. The summed E-state index contributed by atoms with van der Waals surface area (Å²) in [5.41, 5.74) is 2.54. The Labute approximate surface area is 158 Å². The van der Waals surface area contributed by atoms with Gasteiger partial charge in [-0.1, -0.05) is 24.3 Å². The molecule has 0 bridgehead atoms. The minimum Gasteiger partial charge on any atom is -0.494 e. The number of hydrogen-bond donors (Lipinski definition) is 0. The highest BCUT2D eigenvalue weighted by atomic mass is 16.5. The number of unbranched alkanes of at least 4 members (excludes halogenated alkanes) is 1. The lowest BCUT2D eigenvalue weighted by Crippen LogP contribution is -2.28. The Hall–Kier alpha value is -3.39. The standard InChI is InChI=1S/C22H21N3O2/c1-17(26)25(16-19-9-8-18-6-2-3-7-22(18)24-19)20-10-12-21(13-11-20)27-15-5-4-14-23/h2-3,6-13H,4-5,15-16H2,1H3. The Balaban J connectivity index is 1.72. The molecule has 0 N–H and O–H groups in total. The number of anilines is 1. The number of para-hydroxylation sites is 1. The first-order chi connectivity index (χ1) is 13.2. The molecule has 27 heavy (non-hydrogen) atoms. The predicted octanol–water partition coefficient (Wildman–Crippen LogP) is 4.47. The highest BCUT2D eigenvalue weighted by Crippen LogP contribution is 2.22. The normalized spacial score (nSPS) is 10.4. The second kappa shape index (κ2) is 8.81. The van der Waals surface area contributed by atoms with E-state index in [-0.39, 0.29) is 5.91 Å². The minimum absolute atomic E-state index is 0.0485. The molecule has 0 saturated heterocycles. The highest BCUT2D eigenvalue weighted by Gasteiger charge is 2.13. The van der Waals surface area contributed by atoms with Gasteiger partial charge in [-0.05, 0) is 42.8 Å². The third kappa shape index (κ3) is 4.83. The molecule has 1 amide bonds. The van der Waals surface area contributed by atoms with E-state index in [0.717, 1.165) is 28.0 Å². The van der Waals surface area contributed by atoms with Crippen molar-refractivity contribution in [1.82, 2.24) is 4.98 Å². The molecule has 3 rings (SSSR count). The molecule has 136 valence electrons. The smallest absolute Gasteiger partial charge is 0.224 e. The maximum atomic E-state index is 12.2. The summed E-state index contributed by atoms with van der Waals surface area (Å²) in [6, 6.07) is 21.4. The summed E-state index contributed by atoms with van der Waals surface area (Å²) < 4.78 is 5.60. The van der Waals surface area contributed by atoms with Crippen molar-refractivity contribution in [2.24, 2.45) is 0 Å². The van der Waals surface area contributed by atoms with Crippen LogP contribution in [0, 0.1) is 11.3 Å². The van der Waals surface area contributed by atoms with Gasteiger partial charge < -0.3 is 9.64 Å². The molecule has 0 atom stereocenters. The summed E-state index contributed by atoms with van der Waals surface area (Å²) in [5.74, 6) is 0.677. The van der Waals surface area contributed by atoms with E-state index in [1.165, 1.54) is 0 Å². The minimum atomic E-state index is -0.0485. The zero-order chi connectivity index (χ0) is 19.1. The molecule has 0 aliphatic rings. The summed E-state index contributed by atoms with van der Waals surface area (Å²) in [5, 5.41) is 9.62. The number of pyridine rings is 1. The van der Waals surface area contributed by atoms with Gasteiger partial charge >= 0.3 is 0 Å². The Morgan fingerprint density at radius 2 is 1.89 bits per heavy atom. The van der Waals surface area contributed by atoms with Crippen LogP contribution in [0.5, 0.6) is 5.75 Å². The molecule has 0 fully saturated rings. The molecule has 0 aliphatic heterocycles. The maximum absolute atomic E-state index is 12.2. The molecule has 1 aromatic heterocycles. The molecule has 5 heteroatoms. The zero-order valence-electron chi connectivity index (χ0n) is 15.3. The Kier molecular flexibility index (Phi) is 6.01. The van der Waals surface area contributed by atoms with E-state index in [1.807, 2.05) is 60.7 Å². The average molecular weight is 359 g/mol. The van der Waals surface area contributed by atoms with E-state index < -0.39 is 0 Å². The summed E-state index contributed by atoms with van der Waals surface area (Å²) in [4.78, 5) is 18.5. The van der Waals surface area contributed by atoms with Crippen LogP contribution < -0.4 is 9.64 Å². The van der Waals surface area contributed by atoms with Crippen LogP contribution in [0.3, 0.4) is 0 Å². The topological polar surface area (TPSA) is 66.2 Å². The van der Waals surface area contributed by atoms with Crippen LogP contribution in [0.2, 0.25) is 0 Å². The van der Waals surface area contributed by atoms with Crippen LogP contribution in [-0.4, -0.2) is 17.5 Å². The van der Waals surface area contributed by atoms with Gasteiger partial charge in [0.1, 0.15) is 5.75 Å². The molecule has 2 aromatic carbocycles. The fourth-order valence-electron chi connectivity index (χ4n) is 2.81. The monoisotopic (exact) mass is 359 g/mol. The number of nitrogens with zero attached hydrogens (tertiary/aromatic N) is 3. The van der Waals surface area contributed by atoms with E-state index in [2.05, 4.69) is 11.1 Å². The van der Waals surface area contributed by atoms with Gasteiger partial charge in [0, 0.05) is 24.4 Å². The van der Waals surface area contributed by atoms with Gasteiger partial charge in [-0.25, -0.2) is 0 Å². The van der Waals surface area contributed by atoms with Gasteiger partial charge in [0.2, 0.25) is 5.91 Å². The second-order valence-electron chi connectivity index (χ2n) is 6.20. The van der Waals surface area contributed by atoms with Gasteiger partial charge in [0.05, 0.1) is 30.4 Å². The molecule has 0 spiro atoms. The summed E-state index contributed by atoms with van der Waals surface area (Å²) in [7, 11) is 0. The number of nitriles is 1. The summed E-state index contributed by atoms with van der Waals surface area (Å²) in [6.07, 6.45) is 1.18. The van der Waals surface area contributed by atoms with Crippen LogP contribution in [0.15, 0.2) is 60.7 Å². The van der Waals surface area contributed by atoms with E-state index in [4.69, 9.17) is 10.00 Å². The number of aromatic nitrogens is 1. The summed E-state index contributed by atoms with van der Waals surface area (Å²) >= 11 is 0. The molecule has 0 unspecified atom stereocenters. The van der Waals surface area contributed by atoms with Crippen molar-refractivity contribution in [1.29, 1.82) is 5.26 Å². The molecule has 1 heterocycles. The Morgan fingerprint density at radius 3 is 2.63 bits per heavy atom. The predicted molar refractivity (Wildman–Crippen MR) is 105 cm³/mol. The van der Waals surface area contributed by atoms with Crippen LogP contribution in [-0.2, 0) is 11.3 Å². The first-order valence-electron chi connectivity index (χ1n) is 8.90. The van der Waals surface area contributed by atoms with Crippen molar-refractivity contribution in [2.45, 2.75) is 26.3 Å². The zero-order valence-corrected chi connectivity index (χ0v) is 15.3. The van der Waals surface area contributed by atoms with Gasteiger partial charge in [0.15, 0.2) is 0 Å². The average Bonchev–Trinajstić information content (AvgIpc) is 2.70. The van der Waals surface area contributed by atoms with E-state index in [1.54, 1.807) is 11.8 Å². The number of benzene rings is 2. The molecule has 0 aliphatic carbocycles. The quantitative estimate of drug-likeness (QED) is 0.584. The fourth-order valence-corrected chi connectivity index (χ4v) is 2.81. The molecular weight excluding hydrogens is 338 g/mol. The van der Waals surface area contributed by atoms with Crippen molar-refractivity contribution in [3.63, 3.8) is 0 Å². The number of hydrogen-bond acceptors (Lipinski definition) is 4. The molecular formula is C22H21N3O2. The molecule has 0 saturated carbocycles. The van der Waals surface area contributed by atoms with Crippen molar-refractivity contribution in [3.8, 4) is 11.8 Å². The van der Waals surface area contributed by atoms with Crippen molar-refractivity contribution in [3.05, 3.63) is 66.4 Å². The number of rotatable bonds is 7. The Bertz CT molecular complexity index is 961. The van der Waals surface area contributed by atoms with Gasteiger partial charge in [-0.3, -0.25) is 9.78 Å². The lowest BCUT2D eigenvalue weighted by atomic mass is 10.2. The first-order valence-corrected chi connectivity index (χ1v) is 8.90. The SMILES string of the molecule is CC(=O)N(Cc1ccc2ccccc2n1)c1ccc(OCCCC#N)cc1. The molecule has 0 radical (unpaired) electrons. The van der Waals surface area contributed by atoms with Crippen LogP contribution in [0.4, 0.5) is 5.69 Å². The maximum Gasteiger partial charge on any atom is 0.224 e. The van der Waals surface area contributed by atoms with Crippen molar-refractivity contribution < 1.29 is 9.53 Å². The molecule has 3 aromatic rings. The lowest BCUT2D eigenvalue weighted by Gasteiger charge is -2.21. The lowest BCUT2D eigenvalue weighted by molar-refractivity contribution is -0.116. The van der Waals surface area contributed by atoms with E-state index in [0.29, 0.717) is 26.0 Å². The number of carbonyl (C=O) groups is 1. The number of fused-ring (bicyclic) bond motifs is 1. The second-order valence-corrected chi connectivity index (χ2v) is 6.20. The third-order valence-electron chi connectivity index (χ3n) is 4.21. The summed E-state index contributed by atoms with van der Waals surface area (Å²) in [6.45, 7) is 2.46. The van der Waals surface area contributed by atoms with Crippen molar-refractivity contribution >= 4 is 22.5 Å². The van der Waals surface area contributed by atoms with Crippen LogP contribution in [0.1, 0.15) is 25.5 Å².